The Morgan fingerprint density at radius 2 is 2.06 bits per heavy atom. The number of likely N-dealkylation sites (tertiary alicyclic amines) is 2. The maximum atomic E-state index is 13.1. The number of rotatable bonds is 8. The number of aliphatic hydroxyl groups excluding tert-OH is 1. The van der Waals surface area contributed by atoms with Crippen molar-refractivity contribution in [3.63, 3.8) is 0 Å². The summed E-state index contributed by atoms with van der Waals surface area (Å²) in [5.74, 6) is 0.465. The standard InChI is InChI=1S/C21H33F3N4O3/c1-2-30-19(29)27-8-5-20(13-27)9-17(10-20)26-6-3-16(4-7-26)28(14-21(22,23)24)12-18-11-25-15-31-18/h11,15-17,19,29H,2-10,12-14H2,1H3. The molecule has 0 radical (unpaired) electrons. The number of hydrogen-bond donors (Lipinski definition) is 1. The van der Waals surface area contributed by atoms with Gasteiger partial charge in [0.15, 0.2) is 6.39 Å². The Labute approximate surface area is 181 Å². The van der Waals surface area contributed by atoms with Crippen molar-refractivity contribution in [2.24, 2.45) is 5.41 Å². The molecule has 0 amide bonds. The molecule has 1 atom stereocenters. The van der Waals surface area contributed by atoms with E-state index in [9.17, 15) is 18.3 Å². The molecule has 1 unspecified atom stereocenters. The topological polar surface area (TPSA) is 65.2 Å². The van der Waals surface area contributed by atoms with Gasteiger partial charge in [0.05, 0.1) is 19.3 Å². The number of alkyl halides is 3. The lowest BCUT2D eigenvalue weighted by atomic mass is 9.64. The SMILES string of the molecule is CCOC(O)N1CCC2(CC(N3CCC(N(Cc4cnco4)CC(F)(F)F)CC3)C2)C1. The van der Waals surface area contributed by atoms with Gasteiger partial charge in [-0.1, -0.05) is 0 Å². The van der Waals surface area contributed by atoms with E-state index in [4.69, 9.17) is 9.15 Å². The van der Waals surface area contributed by atoms with E-state index in [2.05, 4.69) is 9.88 Å². The van der Waals surface area contributed by atoms with E-state index < -0.39 is 19.1 Å². The number of aromatic nitrogens is 1. The van der Waals surface area contributed by atoms with Crippen LogP contribution in [0.1, 0.15) is 44.8 Å². The minimum Gasteiger partial charge on any atom is -0.447 e. The van der Waals surface area contributed by atoms with Crippen molar-refractivity contribution in [3.8, 4) is 0 Å². The summed E-state index contributed by atoms with van der Waals surface area (Å²) in [6.45, 7) is 4.92. The molecule has 3 fully saturated rings. The quantitative estimate of drug-likeness (QED) is 0.616. The summed E-state index contributed by atoms with van der Waals surface area (Å²) in [7, 11) is 0. The Morgan fingerprint density at radius 3 is 2.68 bits per heavy atom. The zero-order valence-corrected chi connectivity index (χ0v) is 18.1. The molecule has 10 heteroatoms. The highest BCUT2D eigenvalue weighted by atomic mass is 19.4. The number of piperidine rings is 1. The molecule has 1 aromatic rings. The van der Waals surface area contributed by atoms with Crippen molar-refractivity contribution in [2.75, 3.05) is 39.3 Å². The van der Waals surface area contributed by atoms with E-state index in [0.29, 0.717) is 18.4 Å². The van der Waals surface area contributed by atoms with Gasteiger partial charge in [-0.2, -0.15) is 13.2 Å². The number of oxazole rings is 1. The first-order valence-corrected chi connectivity index (χ1v) is 11.2. The molecule has 31 heavy (non-hydrogen) atoms. The molecule has 3 aliphatic rings. The lowest BCUT2D eigenvalue weighted by molar-refractivity contribution is -0.188. The molecular formula is C21H33F3N4O3. The van der Waals surface area contributed by atoms with Crippen LogP contribution in [0.25, 0.3) is 0 Å². The van der Waals surface area contributed by atoms with Crippen LogP contribution in [0.4, 0.5) is 13.2 Å². The van der Waals surface area contributed by atoms with Crippen LogP contribution in [0.2, 0.25) is 0 Å². The molecule has 0 bridgehead atoms. The van der Waals surface area contributed by atoms with Crippen molar-refractivity contribution < 1.29 is 27.4 Å². The Kier molecular flexibility index (Phi) is 6.93. The average molecular weight is 447 g/mol. The van der Waals surface area contributed by atoms with Crippen molar-refractivity contribution in [1.29, 1.82) is 0 Å². The summed E-state index contributed by atoms with van der Waals surface area (Å²) < 4.78 is 49.9. The fourth-order valence-corrected chi connectivity index (χ4v) is 5.62. The summed E-state index contributed by atoms with van der Waals surface area (Å²) in [4.78, 5) is 9.76. The minimum atomic E-state index is -4.24. The molecule has 1 aliphatic carbocycles. The van der Waals surface area contributed by atoms with Crippen molar-refractivity contribution >= 4 is 0 Å². The number of ether oxygens (including phenoxy) is 1. The minimum absolute atomic E-state index is 0.111. The summed E-state index contributed by atoms with van der Waals surface area (Å²) in [5, 5.41) is 10.1. The first-order chi connectivity index (χ1) is 14.8. The van der Waals surface area contributed by atoms with Crippen molar-refractivity contribution in [1.82, 2.24) is 19.7 Å². The van der Waals surface area contributed by atoms with E-state index >= 15 is 0 Å². The number of hydrogen-bond acceptors (Lipinski definition) is 7. The Balaban J connectivity index is 1.26. The molecule has 7 nitrogen and oxygen atoms in total. The van der Waals surface area contributed by atoms with Crippen LogP contribution < -0.4 is 0 Å². The molecule has 176 valence electrons. The second-order valence-corrected chi connectivity index (χ2v) is 9.32. The third kappa shape index (κ3) is 5.60. The lowest BCUT2D eigenvalue weighted by Gasteiger charge is -2.52. The van der Waals surface area contributed by atoms with Crippen LogP contribution in [0, 0.1) is 5.41 Å². The molecule has 1 saturated carbocycles. The monoisotopic (exact) mass is 446 g/mol. The number of nitrogens with zero attached hydrogens (tertiary/aromatic N) is 4. The fourth-order valence-electron chi connectivity index (χ4n) is 5.62. The predicted octanol–water partition coefficient (Wildman–Crippen LogP) is 2.67. The van der Waals surface area contributed by atoms with E-state index in [0.717, 1.165) is 58.3 Å². The van der Waals surface area contributed by atoms with E-state index in [1.54, 1.807) is 0 Å². The van der Waals surface area contributed by atoms with Gasteiger partial charge >= 0.3 is 6.18 Å². The predicted molar refractivity (Wildman–Crippen MR) is 107 cm³/mol. The van der Waals surface area contributed by atoms with E-state index in [1.165, 1.54) is 17.5 Å². The zero-order valence-electron chi connectivity index (χ0n) is 18.1. The number of halogens is 3. The second kappa shape index (κ2) is 9.35. The van der Waals surface area contributed by atoms with Gasteiger partial charge < -0.3 is 19.2 Å². The highest BCUT2D eigenvalue weighted by Crippen LogP contribution is 2.50. The van der Waals surface area contributed by atoms with Gasteiger partial charge in [0.2, 0.25) is 6.41 Å². The maximum Gasteiger partial charge on any atom is 0.401 e. The molecular weight excluding hydrogens is 413 g/mol. The van der Waals surface area contributed by atoms with Crippen LogP contribution in [0.5, 0.6) is 0 Å². The van der Waals surface area contributed by atoms with Crippen molar-refractivity contribution in [2.45, 2.75) is 70.2 Å². The third-order valence-corrected chi connectivity index (χ3v) is 7.19. The summed E-state index contributed by atoms with van der Waals surface area (Å²) in [5.41, 5.74) is 0.258. The Morgan fingerprint density at radius 1 is 1.32 bits per heavy atom. The first-order valence-electron chi connectivity index (χ1n) is 11.2. The molecule has 1 aromatic heterocycles. The lowest BCUT2D eigenvalue weighted by Crippen LogP contribution is -2.56. The van der Waals surface area contributed by atoms with E-state index in [-0.39, 0.29) is 18.0 Å². The van der Waals surface area contributed by atoms with Gasteiger partial charge in [0.1, 0.15) is 5.76 Å². The maximum absolute atomic E-state index is 13.1. The smallest absolute Gasteiger partial charge is 0.401 e. The van der Waals surface area contributed by atoms with E-state index in [1.807, 2.05) is 11.8 Å². The first kappa shape index (κ1) is 23.0. The second-order valence-electron chi connectivity index (χ2n) is 9.32. The summed E-state index contributed by atoms with van der Waals surface area (Å²) in [6.07, 6.45) is 2.40. The van der Waals surface area contributed by atoms with Gasteiger partial charge in [-0.15, -0.1) is 0 Å². The van der Waals surface area contributed by atoms with Crippen LogP contribution in [0.15, 0.2) is 17.0 Å². The molecule has 2 aliphatic heterocycles. The van der Waals surface area contributed by atoms with Gasteiger partial charge in [0.25, 0.3) is 0 Å². The molecule has 0 aromatic carbocycles. The summed E-state index contributed by atoms with van der Waals surface area (Å²) >= 11 is 0. The van der Waals surface area contributed by atoms with Crippen molar-refractivity contribution in [3.05, 3.63) is 18.4 Å². The highest BCUT2D eigenvalue weighted by Gasteiger charge is 2.51. The average Bonchev–Trinajstić information content (AvgIpc) is 3.36. The normalized spacial score (nSPS) is 29.7. The summed E-state index contributed by atoms with van der Waals surface area (Å²) in [6, 6.07) is 0.385. The van der Waals surface area contributed by atoms with Gasteiger partial charge in [-0.25, -0.2) is 4.98 Å². The highest BCUT2D eigenvalue weighted by molar-refractivity contribution is 5.04. The molecule has 1 spiro atoms. The van der Waals surface area contributed by atoms with Gasteiger partial charge in [-0.3, -0.25) is 9.80 Å². The zero-order chi connectivity index (χ0) is 22.1. The van der Waals surface area contributed by atoms with Crippen LogP contribution >= 0.6 is 0 Å². The van der Waals surface area contributed by atoms with Crippen LogP contribution in [0.3, 0.4) is 0 Å². The van der Waals surface area contributed by atoms with Gasteiger partial charge in [0, 0.05) is 31.8 Å². The Bertz CT molecular complexity index is 689. The molecule has 4 rings (SSSR count). The third-order valence-electron chi connectivity index (χ3n) is 7.19. The van der Waals surface area contributed by atoms with Gasteiger partial charge in [-0.05, 0) is 57.5 Å². The largest absolute Gasteiger partial charge is 0.447 e. The molecule has 2 saturated heterocycles. The molecule has 3 heterocycles. The van der Waals surface area contributed by atoms with Crippen LogP contribution in [-0.2, 0) is 11.3 Å². The fraction of sp³-hybridized carbons (Fsp3) is 0.857. The molecule has 1 N–H and O–H groups in total. The number of aliphatic hydroxyl groups is 1. The van der Waals surface area contributed by atoms with Crippen LogP contribution in [-0.4, -0.2) is 88.8 Å². The Hall–Kier alpha value is -1.20.